The maximum atomic E-state index is 5.34. The third-order valence-corrected chi connectivity index (χ3v) is 1.55. The first-order valence-corrected chi connectivity index (χ1v) is 3.37. The summed E-state index contributed by atoms with van der Waals surface area (Å²) in [6.07, 6.45) is 1.77. The molecule has 0 saturated heterocycles. The minimum atomic E-state index is 0.679. The van der Waals surface area contributed by atoms with E-state index < -0.39 is 0 Å². The number of hydrogen-bond donors (Lipinski definition) is 0. The fourth-order valence-corrected chi connectivity index (χ4v) is 1.06. The van der Waals surface area contributed by atoms with Crippen molar-refractivity contribution in [3.63, 3.8) is 0 Å². The van der Waals surface area contributed by atoms with Crippen molar-refractivity contribution in [3.8, 4) is 0 Å². The van der Waals surface area contributed by atoms with Gasteiger partial charge in [0.05, 0.1) is 0 Å². The van der Waals surface area contributed by atoms with Crippen molar-refractivity contribution in [2.24, 2.45) is 0 Å². The van der Waals surface area contributed by atoms with Gasteiger partial charge in [-0.25, -0.2) is 0 Å². The zero-order valence-corrected chi connectivity index (χ0v) is 6.55. The molecule has 0 atom stereocenters. The Kier molecular flexibility index (Phi) is 2.12. The average Bonchev–Trinajstić information content (AvgIpc) is 1.88. The van der Waals surface area contributed by atoms with E-state index >= 15 is 0 Å². The van der Waals surface area contributed by atoms with Crippen molar-refractivity contribution in [2.45, 2.75) is 6.92 Å². The second-order valence-corrected chi connectivity index (χ2v) is 2.64. The first-order valence-electron chi connectivity index (χ1n) is 3.37. The van der Waals surface area contributed by atoms with Crippen LogP contribution in [0.4, 0.5) is 0 Å². The van der Waals surface area contributed by atoms with Gasteiger partial charge in [-0.15, -0.1) is 0 Å². The third-order valence-electron chi connectivity index (χ3n) is 1.55. The molecule has 1 heterocycles. The van der Waals surface area contributed by atoms with E-state index in [2.05, 4.69) is 18.4 Å². The van der Waals surface area contributed by atoms with Crippen molar-refractivity contribution in [2.75, 3.05) is 20.3 Å². The van der Waals surface area contributed by atoms with Gasteiger partial charge in [0.15, 0.2) is 0 Å². The topological polar surface area (TPSA) is 12.5 Å². The average molecular weight is 139 g/mol. The smallest absolute Gasteiger partial charge is 0.142 e. The second-order valence-electron chi connectivity index (χ2n) is 2.64. The highest BCUT2D eigenvalue weighted by Gasteiger charge is 2.10. The molecule has 1 aliphatic heterocycles. The molecule has 2 nitrogen and oxygen atoms in total. The van der Waals surface area contributed by atoms with E-state index in [1.165, 1.54) is 5.57 Å². The Hall–Kier alpha value is -0.760. The third kappa shape index (κ3) is 1.39. The van der Waals surface area contributed by atoms with Crippen LogP contribution >= 0.6 is 0 Å². The molecule has 0 spiro atoms. The Balaban J connectivity index is 2.70. The molecule has 0 fully saturated rings. The largest absolute Gasteiger partial charge is 0.478 e. The molecule has 0 aromatic rings. The normalized spacial score (nSPS) is 20.6. The summed E-state index contributed by atoms with van der Waals surface area (Å²) in [6, 6.07) is 0. The van der Waals surface area contributed by atoms with Crippen LogP contribution in [0.15, 0.2) is 24.0 Å². The number of nitrogens with zero attached hydrogens (tertiary/aromatic N) is 1. The van der Waals surface area contributed by atoms with Crippen molar-refractivity contribution < 1.29 is 4.74 Å². The lowest BCUT2D eigenvalue weighted by Gasteiger charge is -2.24. The van der Waals surface area contributed by atoms with Gasteiger partial charge >= 0.3 is 0 Å². The van der Waals surface area contributed by atoms with Gasteiger partial charge in [0, 0.05) is 6.54 Å². The molecule has 0 aliphatic carbocycles. The molecule has 0 saturated carbocycles. The van der Waals surface area contributed by atoms with Gasteiger partial charge < -0.3 is 4.74 Å². The number of hydrogen-bond acceptors (Lipinski definition) is 2. The molecule has 0 radical (unpaired) electrons. The second kappa shape index (κ2) is 2.88. The summed E-state index contributed by atoms with van der Waals surface area (Å²) in [6.45, 7) is 7.39. The summed E-state index contributed by atoms with van der Waals surface area (Å²) in [7, 11) is 2.03. The van der Waals surface area contributed by atoms with E-state index in [4.69, 9.17) is 4.74 Å². The van der Waals surface area contributed by atoms with Gasteiger partial charge in [-0.1, -0.05) is 6.58 Å². The van der Waals surface area contributed by atoms with Gasteiger partial charge in [-0.05, 0) is 25.6 Å². The van der Waals surface area contributed by atoms with Crippen LogP contribution in [-0.4, -0.2) is 25.2 Å². The first-order chi connectivity index (χ1) is 4.74. The lowest BCUT2D eigenvalue weighted by molar-refractivity contribution is 0.0825. The molecular weight excluding hydrogens is 126 g/mol. The molecule has 1 aliphatic rings. The van der Waals surface area contributed by atoms with E-state index in [0.29, 0.717) is 6.73 Å². The van der Waals surface area contributed by atoms with Crippen molar-refractivity contribution >= 4 is 0 Å². The standard InChI is InChI=1S/C8H13NO/c1-4-8-7(2)5-9(3)6-10-8/h4H,1,5-6H2,2-3H3. The van der Waals surface area contributed by atoms with Gasteiger partial charge in [-0.3, -0.25) is 4.90 Å². The Bertz CT molecular complexity index is 172. The molecule has 0 N–H and O–H groups in total. The van der Waals surface area contributed by atoms with Gasteiger partial charge in [0.1, 0.15) is 12.5 Å². The molecule has 2 heteroatoms. The van der Waals surface area contributed by atoms with Crippen LogP contribution in [0.25, 0.3) is 0 Å². The number of rotatable bonds is 1. The Morgan fingerprint density at radius 1 is 1.70 bits per heavy atom. The van der Waals surface area contributed by atoms with Crippen LogP contribution in [-0.2, 0) is 4.74 Å². The Morgan fingerprint density at radius 2 is 2.40 bits per heavy atom. The number of allylic oxidation sites excluding steroid dienone is 1. The molecule has 10 heavy (non-hydrogen) atoms. The lowest BCUT2D eigenvalue weighted by Crippen LogP contribution is -2.28. The molecule has 0 bridgehead atoms. The minimum absolute atomic E-state index is 0.679. The van der Waals surface area contributed by atoms with Crippen LogP contribution in [0, 0.1) is 0 Å². The quantitative estimate of drug-likeness (QED) is 0.544. The van der Waals surface area contributed by atoms with Gasteiger partial charge in [0.25, 0.3) is 0 Å². The lowest BCUT2D eigenvalue weighted by atomic mass is 10.2. The zero-order valence-electron chi connectivity index (χ0n) is 6.55. The molecule has 0 aromatic carbocycles. The summed E-state index contributed by atoms with van der Waals surface area (Å²) in [5, 5.41) is 0. The van der Waals surface area contributed by atoms with Crippen molar-refractivity contribution in [3.05, 3.63) is 24.0 Å². The van der Waals surface area contributed by atoms with E-state index in [1.54, 1.807) is 6.08 Å². The summed E-state index contributed by atoms with van der Waals surface area (Å²) >= 11 is 0. The molecule has 56 valence electrons. The summed E-state index contributed by atoms with van der Waals surface area (Å²) in [4.78, 5) is 2.11. The highest BCUT2D eigenvalue weighted by molar-refractivity contribution is 5.19. The van der Waals surface area contributed by atoms with Crippen LogP contribution in [0.3, 0.4) is 0 Å². The maximum Gasteiger partial charge on any atom is 0.142 e. The SMILES string of the molecule is C=CC1=C(C)CN(C)CO1. The number of likely N-dealkylation sites (N-methyl/N-ethyl adjacent to an activating group) is 1. The molecule has 0 unspecified atom stereocenters. The number of ether oxygens (including phenoxy) is 1. The Morgan fingerprint density at radius 3 is 2.90 bits per heavy atom. The van der Waals surface area contributed by atoms with E-state index in [9.17, 15) is 0 Å². The molecular formula is C8H13NO. The highest BCUT2D eigenvalue weighted by atomic mass is 16.5. The molecule has 0 amide bonds. The van der Waals surface area contributed by atoms with Gasteiger partial charge in [0.2, 0.25) is 0 Å². The fourth-order valence-electron chi connectivity index (χ4n) is 1.06. The van der Waals surface area contributed by atoms with Crippen LogP contribution in [0.2, 0.25) is 0 Å². The summed E-state index contributed by atoms with van der Waals surface area (Å²) in [5.74, 6) is 0.943. The first kappa shape index (κ1) is 7.35. The van der Waals surface area contributed by atoms with E-state index in [0.717, 1.165) is 12.3 Å². The summed E-state index contributed by atoms with van der Waals surface area (Å²) < 4.78 is 5.34. The van der Waals surface area contributed by atoms with Crippen LogP contribution in [0.5, 0.6) is 0 Å². The van der Waals surface area contributed by atoms with Gasteiger partial charge in [-0.2, -0.15) is 0 Å². The van der Waals surface area contributed by atoms with Crippen LogP contribution < -0.4 is 0 Å². The monoisotopic (exact) mass is 139 g/mol. The molecule has 0 aromatic heterocycles. The van der Waals surface area contributed by atoms with E-state index in [-0.39, 0.29) is 0 Å². The van der Waals surface area contributed by atoms with Crippen molar-refractivity contribution in [1.82, 2.24) is 4.90 Å². The Labute approximate surface area is 61.8 Å². The highest BCUT2D eigenvalue weighted by Crippen LogP contribution is 2.13. The minimum Gasteiger partial charge on any atom is -0.478 e. The maximum absolute atomic E-state index is 5.34. The fraction of sp³-hybridized carbons (Fsp3) is 0.500. The van der Waals surface area contributed by atoms with Crippen molar-refractivity contribution in [1.29, 1.82) is 0 Å². The predicted octanol–water partition coefficient (Wildman–Crippen LogP) is 1.37. The predicted molar refractivity (Wildman–Crippen MR) is 41.5 cm³/mol. The van der Waals surface area contributed by atoms with Crippen LogP contribution in [0.1, 0.15) is 6.92 Å². The summed E-state index contributed by atoms with van der Waals surface area (Å²) in [5.41, 5.74) is 1.25. The van der Waals surface area contributed by atoms with E-state index in [1.807, 2.05) is 7.05 Å². The molecule has 1 rings (SSSR count). The zero-order chi connectivity index (χ0) is 7.56.